The lowest BCUT2D eigenvalue weighted by Crippen LogP contribution is -2.54. The highest BCUT2D eigenvalue weighted by atomic mass is 16.2. The van der Waals surface area contributed by atoms with Gasteiger partial charge in [-0.25, -0.2) is 5.01 Å². The number of nitrogens with one attached hydrogen (secondary N) is 2. The van der Waals surface area contributed by atoms with Crippen molar-refractivity contribution in [1.29, 1.82) is 0 Å². The van der Waals surface area contributed by atoms with Crippen molar-refractivity contribution in [3.05, 3.63) is 29.8 Å². The van der Waals surface area contributed by atoms with Gasteiger partial charge >= 0.3 is 11.8 Å². The molecule has 0 saturated carbocycles. The van der Waals surface area contributed by atoms with Gasteiger partial charge in [0.25, 0.3) is 0 Å². The topological polar surface area (TPSA) is 64.7 Å². The Bertz CT molecular complexity index is 555. The number of carbonyl (C=O) groups is 2. The molecule has 2 amide bonds. The van der Waals surface area contributed by atoms with Crippen molar-refractivity contribution in [3.63, 3.8) is 0 Å². The highest BCUT2D eigenvalue weighted by molar-refractivity contribution is 6.39. The largest absolute Gasteiger partial charge is 0.323 e. The molecule has 0 radical (unpaired) electrons. The fraction of sp³-hybridized carbons (Fsp3) is 0.529. The van der Waals surface area contributed by atoms with Crippen LogP contribution in [-0.4, -0.2) is 54.9 Å². The number of hydrazine groups is 1. The second-order valence-corrected chi connectivity index (χ2v) is 7.01. The highest BCUT2D eigenvalue weighted by Gasteiger charge is 2.20. The SMILES string of the molecule is CN1CCN(NC(=O)C(=O)Nc2ccc(C(C)(C)C)cc2)CC1. The Labute approximate surface area is 137 Å². The van der Waals surface area contributed by atoms with Crippen molar-refractivity contribution < 1.29 is 9.59 Å². The van der Waals surface area contributed by atoms with Gasteiger partial charge in [0.05, 0.1) is 0 Å². The first-order valence-corrected chi connectivity index (χ1v) is 7.92. The van der Waals surface area contributed by atoms with Gasteiger partial charge in [0.2, 0.25) is 0 Å². The lowest BCUT2D eigenvalue weighted by atomic mass is 9.87. The summed E-state index contributed by atoms with van der Waals surface area (Å²) in [6, 6.07) is 7.57. The standard InChI is InChI=1S/C17H26N4O2/c1-17(2,3)13-5-7-14(8-6-13)18-15(22)16(23)19-21-11-9-20(4)10-12-21/h5-8H,9-12H2,1-4H3,(H,18,22)(H,19,23). The Hall–Kier alpha value is -1.92. The first kappa shape index (κ1) is 17.4. The van der Waals surface area contributed by atoms with Crippen LogP contribution in [0.2, 0.25) is 0 Å². The average molecular weight is 318 g/mol. The lowest BCUT2D eigenvalue weighted by Gasteiger charge is -2.32. The molecule has 6 nitrogen and oxygen atoms in total. The molecule has 0 aliphatic carbocycles. The lowest BCUT2D eigenvalue weighted by molar-refractivity contribution is -0.139. The maximum atomic E-state index is 12.0. The van der Waals surface area contributed by atoms with Crippen LogP contribution in [-0.2, 0) is 15.0 Å². The van der Waals surface area contributed by atoms with E-state index in [0.29, 0.717) is 5.69 Å². The van der Waals surface area contributed by atoms with Gasteiger partial charge < -0.3 is 10.2 Å². The van der Waals surface area contributed by atoms with E-state index in [0.717, 1.165) is 26.2 Å². The predicted octanol–water partition coefficient (Wildman–Crippen LogP) is 1.20. The molecule has 1 saturated heterocycles. The molecule has 1 aliphatic rings. The van der Waals surface area contributed by atoms with Gasteiger partial charge in [-0.3, -0.25) is 15.0 Å². The number of anilines is 1. The van der Waals surface area contributed by atoms with E-state index in [9.17, 15) is 9.59 Å². The van der Waals surface area contributed by atoms with Gasteiger partial charge in [-0.05, 0) is 30.2 Å². The van der Waals surface area contributed by atoms with E-state index in [1.165, 1.54) is 5.56 Å². The van der Waals surface area contributed by atoms with Crippen LogP contribution in [0.25, 0.3) is 0 Å². The summed E-state index contributed by atoms with van der Waals surface area (Å²) >= 11 is 0. The number of nitrogens with zero attached hydrogens (tertiary/aromatic N) is 2. The minimum atomic E-state index is -0.646. The van der Waals surface area contributed by atoms with E-state index in [4.69, 9.17) is 0 Å². The number of rotatable bonds is 2. The smallest absolute Gasteiger partial charge is 0.318 e. The molecule has 126 valence electrons. The molecule has 0 spiro atoms. The minimum Gasteiger partial charge on any atom is -0.318 e. The van der Waals surface area contributed by atoms with Gasteiger partial charge in [-0.1, -0.05) is 32.9 Å². The summed E-state index contributed by atoms with van der Waals surface area (Å²) in [4.78, 5) is 26.1. The summed E-state index contributed by atoms with van der Waals surface area (Å²) in [5.41, 5.74) is 4.51. The number of hydrogen-bond donors (Lipinski definition) is 2. The molecule has 1 aliphatic heterocycles. The summed E-state index contributed by atoms with van der Waals surface area (Å²) in [5.74, 6) is -1.28. The molecule has 0 aromatic heterocycles. The van der Waals surface area contributed by atoms with Crippen LogP contribution in [0.5, 0.6) is 0 Å². The van der Waals surface area contributed by atoms with Gasteiger partial charge in [-0.2, -0.15) is 0 Å². The first-order chi connectivity index (χ1) is 10.8. The van der Waals surface area contributed by atoms with E-state index >= 15 is 0 Å². The summed E-state index contributed by atoms with van der Waals surface area (Å²) in [6.07, 6.45) is 0. The van der Waals surface area contributed by atoms with E-state index in [-0.39, 0.29) is 5.41 Å². The third-order valence-electron chi connectivity index (χ3n) is 3.98. The summed E-state index contributed by atoms with van der Waals surface area (Å²) < 4.78 is 0. The van der Waals surface area contributed by atoms with Crippen molar-refractivity contribution in [1.82, 2.24) is 15.3 Å². The second-order valence-electron chi connectivity index (χ2n) is 7.01. The fourth-order valence-corrected chi connectivity index (χ4v) is 2.35. The summed E-state index contributed by atoms with van der Waals surface area (Å²) in [6.45, 7) is 9.57. The van der Waals surface area contributed by atoms with Crippen molar-refractivity contribution in [2.24, 2.45) is 0 Å². The first-order valence-electron chi connectivity index (χ1n) is 7.92. The zero-order valence-corrected chi connectivity index (χ0v) is 14.3. The number of benzene rings is 1. The number of amides is 2. The molecule has 0 bridgehead atoms. The number of carbonyl (C=O) groups excluding carboxylic acids is 2. The third-order valence-corrected chi connectivity index (χ3v) is 3.98. The molecule has 23 heavy (non-hydrogen) atoms. The highest BCUT2D eigenvalue weighted by Crippen LogP contribution is 2.23. The second kappa shape index (κ2) is 7.10. The Morgan fingerprint density at radius 2 is 1.52 bits per heavy atom. The fourth-order valence-electron chi connectivity index (χ4n) is 2.35. The monoisotopic (exact) mass is 318 g/mol. The van der Waals surface area contributed by atoms with Crippen LogP contribution < -0.4 is 10.7 Å². The molecular weight excluding hydrogens is 292 g/mol. The summed E-state index contributed by atoms with van der Waals surface area (Å²) in [5, 5.41) is 4.41. The van der Waals surface area contributed by atoms with E-state index < -0.39 is 11.8 Å². The average Bonchev–Trinajstić information content (AvgIpc) is 2.49. The van der Waals surface area contributed by atoms with Crippen LogP contribution >= 0.6 is 0 Å². The predicted molar refractivity (Wildman–Crippen MR) is 91.0 cm³/mol. The molecule has 0 unspecified atom stereocenters. The molecule has 2 N–H and O–H groups in total. The summed E-state index contributed by atoms with van der Waals surface area (Å²) in [7, 11) is 2.03. The van der Waals surface area contributed by atoms with Crippen LogP contribution in [0, 0.1) is 0 Å². The Kier molecular flexibility index (Phi) is 5.38. The normalized spacial score (nSPS) is 16.9. The van der Waals surface area contributed by atoms with Crippen LogP contribution in [0.3, 0.4) is 0 Å². The van der Waals surface area contributed by atoms with Crippen molar-refractivity contribution in [3.8, 4) is 0 Å². The molecule has 1 aromatic rings. The van der Waals surface area contributed by atoms with Crippen molar-refractivity contribution in [2.75, 3.05) is 38.5 Å². The minimum absolute atomic E-state index is 0.0569. The zero-order chi connectivity index (χ0) is 17.0. The van der Waals surface area contributed by atoms with Gasteiger partial charge in [0, 0.05) is 31.9 Å². The number of likely N-dealkylation sites (N-methyl/N-ethyl adjacent to an activating group) is 1. The van der Waals surface area contributed by atoms with Gasteiger partial charge in [0.1, 0.15) is 0 Å². The van der Waals surface area contributed by atoms with Crippen LogP contribution in [0.1, 0.15) is 26.3 Å². The van der Waals surface area contributed by atoms with E-state index in [2.05, 4.69) is 36.4 Å². The van der Waals surface area contributed by atoms with E-state index in [1.807, 2.05) is 31.3 Å². The van der Waals surface area contributed by atoms with Gasteiger partial charge in [0.15, 0.2) is 0 Å². The molecule has 0 atom stereocenters. The Morgan fingerprint density at radius 3 is 2.04 bits per heavy atom. The van der Waals surface area contributed by atoms with Crippen LogP contribution in [0.15, 0.2) is 24.3 Å². The van der Waals surface area contributed by atoms with Crippen molar-refractivity contribution >= 4 is 17.5 Å². The van der Waals surface area contributed by atoms with Crippen LogP contribution in [0.4, 0.5) is 5.69 Å². The van der Waals surface area contributed by atoms with E-state index in [1.54, 1.807) is 5.01 Å². The maximum Gasteiger partial charge on any atom is 0.323 e. The molecule has 1 aromatic carbocycles. The molecule has 2 rings (SSSR count). The van der Waals surface area contributed by atoms with Gasteiger partial charge in [-0.15, -0.1) is 0 Å². The molecular formula is C17H26N4O2. The number of hydrogen-bond acceptors (Lipinski definition) is 4. The maximum absolute atomic E-state index is 12.0. The quantitative estimate of drug-likeness (QED) is 0.804. The number of piperazine rings is 1. The molecule has 1 fully saturated rings. The molecule has 1 heterocycles. The Morgan fingerprint density at radius 1 is 0.957 bits per heavy atom. The Balaban J connectivity index is 1.87. The molecule has 6 heteroatoms. The third kappa shape index (κ3) is 5.04. The zero-order valence-electron chi connectivity index (χ0n) is 14.3. The van der Waals surface area contributed by atoms with Crippen molar-refractivity contribution in [2.45, 2.75) is 26.2 Å².